The van der Waals surface area contributed by atoms with Crippen LogP contribution in [0.1, 0.15) is 25.7 Å². The van der Waals surface area contributed by atoms with Crippen LogP contribution in [0.2, 0.25) is 0 Å². The van der Waals surface area contributed by atoms with Crippen LogP contribution >= 0.6 is 0 Å². The van der Waals surface area contributed by atoms with Gasteiger partial charge in [0.1, 0.15) is 0 Å². The van der Waals surface area contributed by atoms with E-state index in [9.17, 15) is 0 Å². The lowest BCUT2D eigenvalue weighted by atomic mass is 10.0. The number of nitriles is 1. The molecular formula is C9H11N. The third kappa shape index (κ3) is 0.759. The Morgan fingerprint density at radius 3 is 2.40 bits per heavy atom. The molecule has 2 saturated carbocycles. The summed E-state index contributed by atoms with van der Waals surface area (Å²) in [6, 6.07) is 2.12. The summed E-state index contributed by atoms with van der Waals surface area (Å²) in [6.07, 6.45) is 7.21. The molecular weight excluding hydrogens is 122 g/mol. The second-order valence-corrected chi connectivity index (χ2v) is 3.27. The predicted molar refractivity (Wildman–Crippen MR) is 39.1 cm³/mol. The molecule has 2 atom stereocenters. The fraction of sp³-hybridized carbons (Fsp3) is 0.667. The Balaban J connectivity index is 2.07. The van der Waals surface area contributed by atoms with Crippen LogP contribution in [0.25, 0.3) is 0 Å². The Kier molecular flexibility index (Phi) is 1.27. The van der Waals surface area contributed by atoms with E-state index < -0.39 is 0 Å². The highest BCUT2D eigenvalue weighted by atomic mass is 14.5. The van der Waals surface area contributed by atoms with Gasteiger partial charge in [0.15, 0.2) is 0 Å². The lowest BCUT2D eigenvalue weighted by molar-refractivity contribution is 0.480. The topological polar surface area (TPSA) is 23.8 Å². The van der Waals surface area contributed by atoms with Gasteiger partial charge in [-0.05, 0) is 24.7 Å². The van der Waals surface area contributed by atoms with Crippen LogP contribution in [0.4, 0.5) is 0 Å². The Labute approximate surface area is 61.4 Å². The van der Waals surface area contributed by atoms with Gasteiger partial charge in [0.2, 0.25) is 0 Å². The quantitative estimate of drug-likeness (QED) is 0.465. The first kappa shape index (κ1) is 5.97. The highest BCUT2D eigenvalue weighted by Gasteiger charge is 2.44. The van der Waals surface area contributed by atoms with Gasteiger partial charge in [-0.2, -0.15) is 5.26 Å². The van der Waals surface area contributed by atoms with E-state index in [4.69, 9.17) is 5.26 Å². The molecule has 10 heavy (non-hydrogen) atoms. The molecule has 2 aliphatic rings. The van der Waals surface area contributed by atoms with Crippen LogP contribution in [0, 0.1) is 23.2 Å². The maximum Gasteiger partial charge on any atom is 0.0911 e. The smallest absolute Gasteiger partial charge is 0.0911 e. The van der Waals surface area contributed by atoms with Crippen LogP contribution in [-0.4, -0.2) is 0 Å². The Bertz CT molecular complexity index is 195. The summed E-state index contributed by atoms with van der Waals surface area (Å²) in [5.41, 5.74) is 1.44. The lowest BCUT2D eigenvalue weighted by Gasteiger charge is -2.04. The molecule has 0 radical (unpaired) electrons. The minimum absolute atomic E-state index is 0.827. The summed E-state index contributed by atoms with van der Waals surface area (Å²) >= 11 is 0. The largest absolute Gasteiger partial charge is 0.193 e. The van der Waals surface area contributed by atoms with Crippen molar-refractivity contribution in [2.24, 2.45) is 11.8 Å². The predicted octanol–water partition coefficient (Wildman–Crippen LogP) is 2.26. The zero-order chi connectivity index (χ0) is 6.97. The van der Waals surface area contributed by atoms with E-state index in [0.29, 0.717) is 0 Å². The molecule has 0 saturated heterocycles. The van der Waals surface area contributed by atoms with Crippen molar-refractivity contribution in [2.75, 3.05) is 0 Å². The number of rotatable bonds is 0. The molecule has 0 bridgehead atoms. The lowest BCUT2D eigenvalue weighted by Crippen LogP contribution is -1.91. The first-order valence-corrected chi connectivity index (χ1v) is 4.03. The van der Waals surface area contributed by atoms with Gasteiger partial charge in [0, 0.05) is 6.08 Å². The molecule has 0 aliphatic heterocycles. The van der Waals surface area contributed by atoms with Gasteiger partial charge >= 0.3 is 0 Å². The van der Waals surface area contributed by atoms with Crippen molar-refractivity contribution < 1.29 is 0 Å². The third-order valence-corrected chi connectivity index (χ3v) is 2.74. The van der Waals surface area contributed by atoms with Crippen molar-refractivity contribution in [3.63, 3.8) is 0 Å². The Hall–Kier alpha value is -0.770. The minimum Gasteiger partial charge on any atom is -0.193 e. The Morgan fingerprint density at radius 1 is 1.30 bits per heavy atom. The van der Waals surface area contributed by atoms with E-state index in [1.807, 2.05) is 0 Å². The van der Waals surface area contributed by atoms with Crippen LogP contribution in [0.15, 0.2) is 11.6 Å². The summed E-state index contributed by atoms with van der Waals surface area (Å²) in [5.74, 6) is 1.65. The van der Waals surface area contributed by atoms with Gasteiger partial charge in [-0.25, -0.2) is 0 Å². The van der Waals surface area contributed by atoms with Gasteiger partial charge in [0.25, 0.3) is 0 Å². The highest BCUT2D eigenvalue weighted by Crippen LogP contribution is 2.54. The van der Waals surface area contributed by atoms with E-state index in [2.05, 4.69) is 6.07 Å². The standard InChI is InChI=1S/C9H11N/c10-6-5-9-7-3-1-2-4-8(7)9/h5,7-8H,1-4H2. The number of hydrogen-bond donors (Lipinski definition) is 0. The summed E-state index contributed by atoms with van der Waals surface area (Å²) in [4.78, 5) is 0. The average molecular weight is 133 g/mol. The molecule has 52 valence electrons. The van der Waals surface area contributed by atoms with Gasteiger partial charge in [-0.3, -0.25) is 0 Å². The third-order valence-electron chi connectivity index (χ3n) is 2.74. The number of nitrogens with zero attached hydrogens (tertiary/aromatic N) is 1. The van der Waals surface area contributed by atoms with Crippen LogP contribution in [0.5, 0.6) is 0 Å². The summed E-state index contributed by atoms with van der Waals surface area (Å²) in [6.45, 7) is 0. The SMILES string of the molecule is N#CC=C1C2CCCCC12. The van der Waals surface area contributed by atoms with E-state index in [0.717, 1.165) is 11.8 Å². The molecule has 0 spiro atoms. The van der Waals surface area contributed by atoms with Crippen molar-refractivity contribution >= 4 is 0 Å². The van der Waals surface area contributed by atoms with Gasteiger partial charge in [-0.15, -0.1) is 0 Å². The van der Waals surface area contributed by atoms with E-state index in [-0.39, 0.29) is 0 Å². The highest BCUT2D eigenvalue weighted by molar-refractivity contribution is 5.34. The maximum atomic E-state index is 8.40. The zero-order valence-corrected chi connectivity index (χ0v) is 6.01. The average Bonchev–Trinajstić information content (AvgIpc) is 2.66. The van der Waals surface area contributed by atoms with Gasteiger partial charge in [-0.1, -0.05) is 18.4 Å². The summed E-state index contributed by atoms with van der Waals surface area (Å²) < 4.78 is 0. The molecule has 0 aromatic carbocycles. The van der Waals surface area contributed by atoms with Crippen LogP contribution in [0.3, 0.4) is 0 Å². The van der Waals surface area contributed by atoms with E-state index in [1.54, 1.807) is 6.08 Å². The molecule has 1 nitrogen and oxygen atoms in total. The van der Waals surface area contributed by atoms with E-state index >= 15 is 0 Å². The molecule has 0 N–H and O–H groups in total. The second kappa shape index (κ2) is 2.12. The Morgan fingerprint density at radius 2 is 1.90 bits per heavy atom. The minimum atomic E-state index is 0.827. The maximum absolute atomic E-state index is 8.40. The zero-order valence-electron chi connectivity index (χ0n) is 6.01. The van der Waals surface area contributed by atoms with Crippen LogP contribution < -0.4 is 0 Å². The molecule has 0 heterocycles. The molecule has 1 heteroatoms. The molecule has 0 aromatic heterocycles. The van der Waals surface area contributed by atoms with Crippen molar-refractivity contribution in [1.82, 2.24) is 0 Å². The number of fused-ring (bicyclic) bond motifs is 1. The molecule has 0 amide bonds. The molecule has 2 unspecified atom stereocenters. The monoisotopic (exact) mass is 133 g/mol. The van der Waals surface area contributed by atoms with Gasteiger partial charge < -0.3 is 0 Å². The fourth-order valence-electron chi connectivity index (χ4n) is 2.16. The fourth-order valence-corrected chi connectivity index (χ4v) is 2.16. The molecule has 2 fully saturated rings. The summed E-state index contributed by atoms with van der Waals surface area (Å²) in [5, 5.41) is 8.40. The van der Waals surface area contributed by atoms with Crippen molar-refractivity contribution in [3.8, 4) is 6.07 Å². The first-order chi connectivity index (χ1) is 4.93. The van der Waals surface area contributed by atoms with Crippen LogP contribution in [-0.2, 0) is 0 Å². The van der Waals surface area contributed by atoms with Crippen molar-refractivity contribution in [2.45, 2.75) is 25.7 Å². The molecule has 0 aromatic rings. The van der Waals surface area contributed by atoms with Crippen molar-refractivity contribution in [1.29, 1.82) is 5.26 Å². The van der Waals surface area contributed by atoms with E-state index in [1.165, 1.54) is 31.3 Å². The number of hydrogen-bond acceptors (Lipinski definition) is 1. The normalized spacial score (nSPS) is 36.1. The number of allylic oxidation sites excluding steroid dienone is 2. The molecule has 2 rings (SSSR count). The molecule has 2 aliphatic carbocycles. The second-order valence-electron chi connectivity index (χ2n) is 3.27. The van der Waals surface area contributed by atoms with Gasteiger partial charge in [0.05, 0.1) is 6.07 Å². The van der Waals surface area contributed by atoms with Crippen molar-refractivity contribution in [3.05, 3.63) is 11.6 Å². The summed E-state index contributed by atoms with van der Waals surface area (Å²) in [7, 11) is 0. The first-order valence-electron chi connectivity index (χ1n) is 4.03.